The van der Waals surface area contributed by atoms with Crippen molar-refractivity contribution in [3.8, 4) is 0 Å². The highest BCUT2D eigenvalue weighted by molar-refractivity contribution is 9.10. The molecule has 84 valence electrons. The zero-order valence-electron chi connectivity index (χ0n) is 9.13. The second-order valence-electron chi connectivity index (χ2n) is 3.73. The van der Waals surface area contributed by atoms with Crippen LogP contribution in [0.25, 0.3) is 0 Å². The molecule has 0 aliphatic rings. The number of aryl methyl sites for hydroxylation is 1. The number of hydrogen-bond donors (Lipinski definition) is 2. The third kappa shape index (κ3) is 2.33. The predicted octanol–water partition coefficient (Wildman–Crippen LogP) is 2.53. The number of aromatic amines is 1. The SMILES string of the molecule is Cc1[nH]c(CN)nc1Cc1ccccc1Br. The van der Waals surface area contributed by atoms with Crippen molar-refractivity contribution >= 4 is 15.9 Å². The second kappa shape index (κ2) is 4.80. The molecule has 0 saturated heterocycles. The molecule has 4 heteroatoms. The molecule has 0 aliphatic heterocycles. The number of nitrogens with two attached hydrogens (primary N) is 1. The molecule has 0 fully saturated rings. The minimum Gasteiger partial charge on any atom is -0.345 e. The number of H-pyrrole nitrogens is 1. The van der Waals surface area contributed by atoms with Gasteiger partial charge in [-0.1, -0.05) is 34.1 Å². The molecule has 1 aromatic heterocycles. The number of rotatable bonds is 3. The number of nitrogens with one attached hydrogen (secondary N) is 1. The molecule has 2 rings (SSSR count). The van der Waals surface area contributed by atoms with Gasteiger partial charge in [-0.3, -0.25) is 0 Å². The number of nitrogens with zero attached hydrogens (tertiary/aromatic N) is 1. The van der Waals surface area contributed by atoms with Crippen LogP contribution in [0.4, 0.5) is 0 Å². The van der Waals surface area contributed by atoms with Gasteiger partial charge in [-0.05, 0) is 18.6 Å². The van der Waals surface area contributed by atoms with Gasteiger partial charge in [0.1, 0.15) is 5.82 Å². The minimum absolute atomic E-state index is 0.455. The molecule has 3 nitrogen and oxygen atoms in total. The lowest BCUT2D eigenvalue weighted by Gasteiger charge is -2.02. The Kier molecular flexibility index (Phi) is 3.41. The minimum atomic E-state index is 0.455. The molecule has 2 aromatic rings. The van der Waals surface area contributed by atoms with Crippen LogP contribution >= 0.6 is 15.9 Å². The Morgan fingerprint density at radius 1 is 1.38 bits per heavy atom. The molecule has 1 heterocycles. The van der Waals surface area contributed by atoms with Crippen molar-refractivity contribution in [3.05, 3.63) is 51.5 Å². The number of halogens is 1. The van der Waals surface area contributed by atoms with Crippen molar-refractivity contribution in [1.29, 1.82) is 0 Å². The van der Waals surface area contributed by atoms with Crippen molar-refractivity contribution in [2.45, 2.75) is 19.9 Å². The quantitative estimate of drug-likeness (QED) is 0.907. The van der Waals surface area contributed by atoms with Gasteiger partial charge in [0, 0.05) is 16.6 Å². The van der Waals surface area contributed by atoms with E-state index >= 15 is 0 Å². The van der Waals surface area contributed by atoms with Gasteiger partial charge in [-0.2, -0.15) is 0 Å². The van der Waals surface area contributed by atoms with E-state index in [1.807, 2.05) is 25.1 Å². The highest BCUT2D eigenvalue weighted by Gasteiger charge is 2.08. The van der Waals surface area contributed by atoms with Crippen molar-refractivity contribution < 1.29 is 0 Å². The van der Waals surface area contributed by atoms with Crippen LogP contribution in [0.2, 0.25) is 0 Å². The Morgan fingerprint density at radius 3 is 2.75 bits per heavy atom. The second-order valence-corrected chi connectivity index (χ2v) is 4.58. The third-order valence-electron chi connectivity index (χ3n) is 2.54. The average Bonchev–Trinajstić information content (AvgIpc) is 2.63. The molecule has 0 amide bonds. The van der Waals surface area contributed by atoms with Gasteiger partial charge in [0.15, 0.2) is 0 Å². The maximum atomic E-state index is 5.55. The molecule has 16 heavy (non-hydrogen) atoms. The molecule has 0 unspecified atom stereocenters. The first kappa shape index (κ1) is 11.4. The van der Waals surface area contributed by atoms with Gasteiger partial charge in [-0.15, -0.1) is 0 Å². The van der Waals surface area contributed by atoms with Gasteiger partial charge in [0.2, 0.25) is 0 Å². The van der Waals surface area contributed by atoms with Crippen molar-refractivity contribution in [3.63, 3.8) is 0 Å². The normalized spacial score (nSPS) is 10.7. The fourth-order valence-electron chi connectivity index (χ4n) is 1.65. The first-order valence-corrected chi connectivity index (χ1v) is 5.98. The summed E-state index contributed by atoms with van der Waals surface area (Å²) < 4.78 is 1.12. The summed E-state index contributed by atoms with van der Waals surface area (Å²) in [5, 5.41) is 0. The van der Waals surface area contributed by atoms with Gasteiger partial charge >= 0.3 is 0 Å². The molecular formula is C12H14BrN3. The number of imidazole rings is 1. The topological polar surface area (TPSA) is 54.7 Å². The first-order chi connectivity index (χ1) is 7.70. The fourth-order valence-corrected chi connectivity index (χ4v) is 2.08. The van der Waals surface area contributed by atoms with Crippen molar-refractivity contribution in [2.24, 2.45) is 5.73 Å². The summed E-state index contributed by atoms with van der Waals surface area (Å²) in [7, 11) is 0. The molecule has 0 radical (unpaired) electrons. The van der Waals surface area contributed by atoms with Crippen LogP contribution in [0, 0.1) is 6.92 Å². The number of aromatic nitrogens is 2. The summed E-state index contributed by atoms with van der Waals surface area (Å²) in [4.78, 5) is 7.65. The van der Waals surface area contributed by atoms with Crippen LogP contribution in [0.1, 0.15) is 22.8 Å². The molecule has 0 atom stereocenters. The average molecular weight is 280 g/mol. The maximum Gasteiger partial charge on any atom is 0.120 e. The van der Waals surface area contributed by atoms with Crippen LogP contribution in [-0.4, -0.2) is 9.97 Å². The molecule has 0 saturated carbocycles. The van der Waals surface area contributed by atoms with Crippen LogP contribution in [0.5, 0.6) is 0 Å². The van der Waals surface area contributed by atoms with Gasteiger partial charge in [0.25, 0.3) is 0 Å². The molecule has 0 aliphatic carbocycles. The predicted molar refractivity (Wildman–Crippen MR) is 68.2 cm³/mol. The molecule has 1 aromatic carbocycles. The Morgan fingerprint density at radius 2 is 2.12 bits per heavy atom. The summed E-state index contributed by atoms with van der Waals surface area (Å²) in [6, 6.07) is 8.18. The van der Waals surface area contributed by atoms with Gasteiger partial charge in [0.05, 0.1) is 12.2 Å². The molecular weight excluding hydrogens is 266 g/mol. The summed E-state index contributed by atoms with van der Waals surface area (Å²) in [5.74, 6) is 0.847. The van der Waals surface area contributed by atoms with Crippen molar-refractivity contribution in [1.82, 2.24) is 9.97 Å². The number of hydrogen-bond acceptors (Lipinski definition) is 2. The molecule has 0 bridgehead atoms. The van der Waals surface area contributed by atoms with Gasteiger partial charge in [-0.25, -0.2) is 4.98 Å². The number of benzene rings is 1. The Labute approximate surface area is 103 Å². The van der Waals surface area contributed by atoms with Crippen LogP contribution < -0.4 is 5.73 Å². The van der Waals surface area contributed by atoms with E-state index in [1.54, 1.807) is 0 Å². The van der Waals surface area contributed by atoms with Crippen LogP contribution in [0.3, 0.4) is 0 Å². The molecule has 3 N–H and O–H groups in total. The Hall–Kier alpha value is -1.13. The summed E-state index contributed by atoms with van der Waals surface area (Å²) >= 11 is 3.54. The summed E-state index contributed by atoms with van der Waals surface area (Å²) in [6.45, 7) is 2.48. The Balaban J connectivity index is 2.27. The van der Waals surface area contributed by atoms with Crippen LogP contribution in [-0.2, 0) is 13.0 Å². The largest absolute Gasteiger partial charge is 0.345 e. The zero-order valence-corrected chi connectivity index (χ0v) is 10.7. The monoisotopic (exact) mass is 279 g/mol. The maximum absolute atomic E-state index is 5.55. The van der Waals surface area contributed by atoms with Crippen LogP contribution in [0.15, 0.2) is 28.7 Å². The van der Waals surface area contributed by atoms with E-state index in [1.165, 1.54) is 5.56 Å². The van der Waals surface area contributed by atoms with E-state index in [9.17, 15) is 0 Å². The highest BCUT2D eigenvalue weighted by atomic mass is 79.9. The van der Waals surface area contributed by atoms with E-state index in [0.717, 1.165) is 28.1 Å². The first-order valence-electron chi connectivity index (χ1n) is 5.18. The van der Waals surface area contributed by atoms with E-state index < -0.39 is 0 Å². The summed E-state index contributed by atoms with van der Waals surface area (Å²) in [6.07, 6.45) is 0.823. The van der Waals surface area contributed by atoms with E-state index in [4.69, 9.17) is 5.73 Å². The fraction of sp³-hybridized carbons (Fsp3) is 0.250. The third-order valence-corrected chi connectivity index (χ3v) is 3.32. The highest BCUT2D eigenvalue weighted by Crippen LogP contribution is 2.20. The zero-order chi connectivity index (χ0) is 11.5. The van der Waals surface area contributed by atoms with Gasteiger partial charge < -0.3 is 10.7 Å². The lowest BCUT2D eigenvalue weighted by Crippen LogP contribution is -1.98. The smallest absolute Gasteiger partial charge is 0.120 e. The summed E-state index contributed by atoms with van der Waals surface area (Å²) in [5.41, 5.74) is 8.95. The lowest BCUT2D eigenvalue weighted by atomic mass is 10.1. The standard InChI is InChI=1S/C12H14BrN3/c1-8-11(16-12(7-14)15-8)6-9-4-2-3-5-10(9)13/h2-5H,6-7,14H2,1H3,(H,15,16). The van der Waals surface area contributed by atoms with E-state index in [2.05, 4.69) is 32.0 Å². The Bertz CT molecular complexity index is 491. The van der Waals surface area contributed by atoms with E-state index in [-0.39, 0.29) is 0 Å². The molecule has 0 spiro atoms. The van der Waals surface area contributed by atoms with E-state index in [0.29, 0.717) is 6.54 Å². The van der Waals surface area contributed by atoms with Crippen molar-refractivity contribution in [2.75, 3.05) is 0 Å². The lowest BCUT2D eigenvalue weighted by molar-refractivity contribution is 0.934.